The zero-order chi connectivity index (χ0) is 17.8. The van der Waals surface area contributed by atoms with Gasteiger partial charge in [0.2, 0.25) is 5.91 Å². The van der Waals surface area contributed by atoms with Crippen molar-refractivity contribution in [3.63, 3.8) is 0 Å². The minimum atomic E-state index is -0.504. The highest BCUT2D eigenvalue weighted by Crippen LogP contribution is 2.24. The van der Waals surface area contributed by atoms with E-state index in [2.05, 4.69) is 20.2 Å². The minimum Gasteiger partial charge on any atom is -0.326 e. The van der Waals surface area contributed by atoms with Gasteiger partial charge in [0.25, 0.3) is 5.56 Å². The first-order chi connectivity index (χ1) is 12.0. The lowest BCUT2D eigenvalue weighted by molar-refractivity contribution is -0.116. The Hall–Kier alpha value is -2.74. The zero-order valence-corrected chi connectivity index (χ0v) is 13.5. The molecule has 0 saturated carbocycles. The van der Waals surface area contributed by atoms with Crippen molar-refractivity contribution in [1.29, 1.82) is 0 Å². The van der Waals surface area contributed by atoms with Crippen LogP contribution in [0.25, 0.3) is 0 Å². The number of aromatic nitrogens is 2. The second kappa shape index (κ2) is 7.43. The number of hydrogen-bond donors (Lipinski definition) is 3. The van der Waals surface area contributed by atoms with E-state index in [0.717, 1.165) is 13.0 Å². The monoisotopic (exact) mass is 346 g/mol. The molecule has 0 bridgehead atoms. The lowest BCUT2D eigenvalue weighted by atomic mass is 10.1. The van der Waals surface area contributed by atoms with E-state index in [0.29, 0.717) is 24.5 Å². The van der Waals surface area contributed by atoms with E-state index in [1.165, 1.54) is 18.2 Å². The number of nitrogens with one attached hydrogen (secondary N) is 3. The lowest BCUT2D eigenvalue weighted by Gasteiger charge is -2.15. The van der Waals surface area contributed by atoms with Crippen LogP contribution in [0.15, 0.2) is 39.9 Å². The van der Waals surface area contributed by atoms with Gasteiger partial charge in [0.05, 0.1) is 0 Å². The molecule has 1 aliphatic rings. The summed E-state index contributed by atoms with van der Waals surface area (Å²) in [5.74, 6) is -0.507. The van der Waals surface area contributed by atoms with Crippen molar-refractivity contribution < 1.29 is 9.18 Å². The summed E-state index contributed by atoms with van der Waals surface area (Å²) < 4.78 is 13.1. The fourth-order valence-corrected chi connectivity index (χ4v) is 3.05. The second-order valence-electron chi connectivity index (χ2n) is 6.14. The third-order valence-corrected chi connectivity index (χ3v) is 4.26. The molecule has 25 heavy (non-hydrogen) atoms. The normalized spacial score (nSPS) is 17.6. The second-order valence-corrected chi connectivity index (χ2v) is 6.14. The number of carbonyl (C=O) groups is 1. The van der Waals surface area contributed by atoms with Crippen molar-refractivity contribution in [3.8, 4) is 0 Å². The Morgan fingerprint density at radius 3 is 2.88 bits per heavy atom. The Kier molecular flexibility index (Phi) is 5.08. The zero-order valence-electron chi connectivity index (χ0n) is 13.5. The third-order valence-electron chi connectivity index (χ3n) is 4.26. The molecular weight excluding hydrogens is 327 g/mol. The third kappa shape index (κ3) is 4.63. The number of aromatic amines is 2. The van der Waals surface area contributed by atoms with E-state index in [-0.39, 0.29) is 18.2 Å². The van der Waals surface area contributed by atoms with Gasteiger partial charge in [-0.25, -0.2) is 9.18 Å². The average molecular weight is 346 g/mol. The van der Waals surface area contributed by atoms with E-state index in [4.69, 9.17) is 0 Å². The first-order valence-corrected chi connectivity index (χ1v) is 8.11. The van der Waals surface area contributed by atoms with Crippen LogP contribution in [0, 0.1) is 5.82 Å². The van der Waals surface area contributed by atoms with E-state index in [1.807, 2.05) is 0 Å². The maximum Gasteiger partial charge on any atom is 0.325 e. The number of H-pyrrole nitrogens is 2. The average Bonchev–Trinajstić information content (AvgIpc) is 3.01. The molecule has 132 valence electrons. The van der Waals surface area contributed by atoms with E-state index >= 15 is 0 Å². The first kappa shape index (κ1) is 17.1. The summed E-state index contributed by atoms with van der Waals surface area (Å²) in [6.45, 7) is 2.02. The van der Waals surface area contributed by atoms with Crippen molar-refractivity contribution in [1.82, 2.24) is 14.9 Å². The molecule has 3 N–H and O–H groups in total. The van der Waals surface area contributed by atoms with Gasteiger partial charge in [-0.3, -0.25) is 14.6 Å². The predicted octanol–water partition coefficient (Wildman–Crippen LogP) is 1.02. The topological polar surface area (TPSA) is 98.1 Å². The number of likely N-dealkylation sites (tertiary alicyclic amines) is 1. The van der Waals surface area contributed by atoms with Crippen molar-refractivity contribution >= 4 is 11.6 Å². The van der Waals surface area contributed by atoms with Gasteiger partial charge in [0.15, 0.2) is 0 Å². The number of hydrogen-bond acceptors (Lipinski definition) is 4. The number of amides is 1. The van der Waals surface area contributed by atoms with Gasteiger partial charge in [-0.15, -0.1) is 0 Å². The highest BCUT2D eigenvalue weighted by atomic mass is 19.1. The van der Waals surface area contributed by atoms with Crippen molar-refractivity contribution in [2.45, 2.75) is 18.8 Å². The molecule has 1 aliphatic heterocycles. The van der Waals surface area contributed by atoms with Gasteiger partial charge in [0, 0.05) is 42.9 Å². The van der Waals surface area contributed by atoms with Crippen LogP contribution in [0.2, 0.25) is 0 Å². The van der Waals surface area contributed by atoms with Gasteiger partial charge >= 0.3 is 5.69 Å². The minimum absolute atomic E-state index is 0.0706. The molecule has 1 aromatic heterocycles. The molecule has 0 aliphatic carbocycles. The smallest absolute Gasteiger partial charge is 0.325 e. The molecule has 7 nitrogen and oxygen atoms in total. The number of anilines is 1. The SMILES string of the molecule is O=C(CCN1CC[C@@H](c2cc(=O)[nH]c(=O)[nH]2)C1)Nc1cccc(F)c1. The Morgan fingerprint density at radius 1 is 1.28 bits per heavy atom. The van der Waals surface area contributed by atoms with Gasteiger partial charge in [0.1, 0.15) is 5.82 Å². The summed E-state index contributed by atoms with van der Waals surface area (Å²) >= 11 is 0. The molecule has 0 radical (unpaired) electrons. The summed E-state index contributed by atoms with van der Waals surface area (Å²) in [4.78, 5) is 41.6. The molecule has 3 rings (SSSR count). The summed E-state index contributed by atoms with van der Waals surface area (Å²) in [6, 6.07) is 7.17. The van der Waals surface area contributed by atoms with E-state index in [1.54, 1.807) is 12.1 Å². The van der Waals surface area contributed by atoms with Crippen LogP contribution in [0.4, 0.5) is 10.1 Å². The van der Waals surface area contributed by atoms with Crippen LogP contribution in [0.5, 0.6) is 0 Å². The van der Waals surface area contributed by atoms with E-state index in [9.17, 15) is 18.8 Å². The van der Waals surface area contributed by atoms with Crippen LogP contribution in [0.1, 0.15) is 24.5 Å². The van der Waals surface area contributed by atoms with Crippen molar-refractivity contribution in [2.75, 3.05) is 25.0 Å². The van der Waals surface area contributed by atoms with Crippen LogP contribution < -0.4 is 16.6 Å². The summed E-state index contributed by atoms with van der Waals surface area (Å²) in [5, 5.41) is 2.67. The molecular formula is C17H19FN4O3. The summed E-state index contributed by atoms with van der Waals surface area (Å²) in [5.41, 5.74) is 0.146. The van der Waals surface area contributed by atoms with Gasteiger partial charge in [-0.1, -0.05) is 6.07 Å². The largest absolute Gasteiger partial charge is 0.326 e. The molecule has 1 atom stereocenters. The fraction of sp³-hybridized carbons (Fsp3) is 0.353. The quantitative estimate of drug-likeness (QED) is 0.753. The molecule has 8 heteroatoms. The van der Waals surface area contributed by atoms with E-state index < -0.39 is 17.1 Å². The highest BCUT2D eigenvalue weighted by Gasteiger charge is 2.25. The number of benzene rings is 1. The standard InChI is InChI=1S/C17H19FN4O3/c18-12-2-1-3-13(8-12)19-15(23)5-7-22-6-4-11(10-22)14-9-16(24)21-17(25)20-14/h1-3,8-9,11H,4-7,10H2,(H,19,23)(H2,20,21,24,25)/t11-/m1/s1. The van der Waals surface area contributed by atoms with Crippen LogP contribution in [0.3, 0.4) is 0 Å². The molecule has 0 unspecified atom stereocenters. The van der Waals surface area contributed by atoms with Gasteiger partial charge in [-0.2, -0.15) is 0 Å². The molecule has 2 heterocycles. The summed E-state index contributed by atoms with van der Waals surface area (Å²) in [6.07, 6.45) is 1.10. The first-order valence-electron chi connectivity index (χ1n) is 8.11. The number of carbonyl (C=O) groups excluding carboxylic acids is 1. The number of rotatable bonds is 5. The Morgan fingerprint density at radius 2 is 2.12 bits per heavy atom. The number of halogens is 1. The molecule has 1 fully saturated rings. The molecule has 2 aromatic rings. The molecule has 1 aromatic carbocycles. The Balaban J connectivity index is 1.50. The predicted molar refractivity (Wildman–Crippen MR) is 91.1 cm³/mol. The van der Waals surface area contributed by atoms with Crippen LogP contribution in [-0.2, 0) is 4.79 Å². The summed E-state index contributed by atoms with van der Waals surface area (Å²) in [7, 11) is 0. The number of nitrogens with zero attached hydrogens (tertiary/aromatic N) is 1. The maximum absolute atomic E-state index is 13.1. The van der Waals surface area contributed by atoms with Crippen LogP contribution in [-0.4, -0.2) is 40.4 Å². The Labute approximate surface area is 142 Å². The van der Waals surface area contributed by atoms with Crippen LogP contribution >= 0.6 is 0 Å². The highest BCUT2D eigenvalue weighted by molar-refractivity contribution is 5.90. The lowest BCUT2D eigenvalue weighted by Crippen LogP contribution is -2.27. The molecule has 0 spiro atoms. The van der Waals surface area contributed by atoms with Gasteiger partial charge in [-0.05, 0) is 31.2 Å². The Bertz CT molecular complexity index is 848. The fourth-order valence-electron chi connectivity index (χ4n) is 3.05. The molecule has 1 saturated heterocycles. The van der Waals surface area contributed by atoms with Gasteiger partial charge < -0.3 is 15.2 Å². The molecule has 1 amide bonds. The maximum atomic E-state index is 13.1. The van der Waals surface area contributed by atoms with Crippen molar-refractivity contribution in [2.24, 2.45) is 0 Å². The van der Waals surface area contributed by atoms with Crippen molar-refractivity contribution in [3.05, 3.63) is 62.7 Å².